The number of aryl methyl sites for hydroxylation is 1. The maximum Gasteiger partial charge on any atom is 0.320 e. The van der Waals surface area contributed by atoms with E-state index in [0.717, 1.165) is 34.6 Å². The van der Waals surface area contributed by atoms with Gasteiger partial charge in [-0.05, 0) is 43.9 Å². The van der Waals surface area contributed by atoms with Crippen molar-refractivity contribution < 1.29 is 9.53 Å². The van der Waals surface area contributed by atoms with Crippen molar-refractivity contribution in [1.82, 2.24) is 10.3 Å². The predicted octanol–water partition coefficient (Wildman–Crippen LogP) is 4.12. The largest absolute Gasteiger partial charge is 0.487 e. The molecule has 1 heterocycles. The zero-order chi connectivity index (χ0) is 17.5. The quantitative estimate of drug-likeness (QED) is 0.839. The highest BCUT2D eigenvalue weighted by molar-refractivity contribution is 5.89. The molecule has 0 atom stereocenters. The second-order valence-corrected chi connectivity index (χ2v) is 5.78. The number of hydrogen-bond acceptors (Lipinski definition) is 3. The van der Waals surface area contributed by atoms with E-state index >= 15 is 0 Å². The van der Waals surface area contributed by atoms with Gasteiger partial charge in [0, 0.05) is 6.54 Å². The number of carbonyl (C=O) groups excluding carboxylic acids is 1. The monoisotopic (exact) mass is 327 g/mol. The number of ether oxygens (including phenoxy) is 1. The smallest absolute Gasteiger partial charge is 0.320 e. The van der Waals surface area contributed by atoms with Crippen LogP contribution in [0.3, 0.4) is 0 Å². The third kappa shape index (κ3) is 4.47. The zero-order valence-electron chi connectivity index (χ0n) is 14.8. The Labute approximate surface area is 143 Å². The third-order valence-electron chi connectivity index (χ3n) is 3.86. The SMILES string of the molecule is CCCNC(=O)Nc1nc(C)c(OCc2ccccc2)c(C)c1C. The van der Waals surface area contributed by atoms with Crippen molar-refractivity contribution in [2.75, 3.05) is 11.9 Å². The van der Waals surface area contributed by atoms with Crippen LogP contribution in [-0.4, -0.2) is 17.6 Å². The van der Waals surface area contributed by atoms with Gasteiger partial charge >= 0.3 is 6.03 Å². The number of rotatable bonds is 6. The molecule has 0 saturated heterocycles. The molecule has 0 aliphatic heterocycles. The highest BCUT2D eigenvalue weighted by Gasteiger charge is 2.15. The molecule has 0 bridgehead atoms. The van der Waals surface area contributed by atoms with Gasteiger partial charge in [-0.3, -0.25) is 5.32 Å². The van der Waals surface area contributed by atoms with Gasteiger partial charge in [0.15, 0.2) is 0 Å². The van der Waals surface area contributed by atoms with E-state index < -0.39 is 0 Å². The van der Waals surface area contributed by atoms with Crippen LogP contribution in [0.2, 0.25) is 0 Å². The summed E-state index contributed by atoms with van der Waals surface area (Å²) in [6.45, 7) is 8.96. The van der Waals surface area contributed by atoms with Crippen LogP contribution in [0, 0.1) is 20.8 Å². The molecule has 0 aliphatic rings. The Morgan fingerprint density at radius 3 is 2.50 bits per heavy atom. The molecule has 0 fully saturated rings. The van der Waals surface area contributed by atoms with Crippen molar-refractivity contribution in [3.05, 3.63) is 52.7 Å². The molecule has 128 valence electrons. The van der Waals surface area contributed by atoms with Gasteiger partial charge in [-0.25, -0.2) is 9.78 Å². The molecule has 5 nitrogen and oxygen atoms in total. The molecule has 2 N–H and O–H groups in total. The van der Waals surface area contributed by atoms with Crippen LogP contribution in [-0.2, 0) is 6.61 Å². The first kappa shape index (κ1) is 17.8. The minimum atomic E-state index is -0.232. The fourth-order valence-corrected chi connectivity index (χ4v) is 2.38. The summed E-state index contributed by atoms with van der Waals surface area (Å²) in [4.78, 5) is 16.3. The van der Waals surface area contributed by atoms with Gasteiger partial charge in [0.05, 0.1) is 5.69 Å². The number of pyridine rings is 1. The summed E-state index contributed by atoms with van der Waals surface area (Å²) in [6, 6.07) is 9.78. The summed E-state index contributed by atoms with van der Waals surface area (Å²) in [5.41, 5.74) is 3.77. The molecule has 1 aromatic carbocycles. The molecule has 0 saturated carbocycles. The van der Waals surface area contributed by atoms with Crippen molar-refractivity contribution in [2.24, 2.45) is 0 Å². The second-order valence-electron chi connectivity index (χ2n) is 5.78. The van der Waals surface area contributed by atoms with Crippen LogP contribution in [0.5, 0.6) is 5.75 Å². The number of amides is 2. The first-order valence-electron chi connectivity index (χ1n) is 8.22. The number of urea groups is 1. The highest BCUT2D eigenvalue weighted by atomic mass is 16.5. The van der Waals surface area contributed by atoms with Crippen LogP contribution in [0.1, 0.15) is 35.7 Å². The second kappa shape index (κ2) is 8.34. The third-order valence-corrected chi connectivity index (χ3v) is 3.86. The van der Waals surface area contributed by atoms with E-state index in [4.69, 9.17) is 4.74 Å². The van der Waals surface area contributed by atoms with Gasteiger partial charge in [0.1, 0.15) is 18.2 Å². The van der Waals surface area contributed by atoms with Crippen molar-refractivity contribution in [2.45, 2.75) is 40.7 Å². The minimum Gasteiger partial charge on any atom is -0.487 e. The Morgan fingerprint density at radius 2 is 1.83 bits per heavy atom. The molecule has 0 spiro atoms. The summed E-state index contributed by atoms with van der Waals surface area (Å²) in [5.74, 6) is 1.35. The van der Waals surface area contributed by atoms with E-state index in [0.29, 0.717) is 19.0 Å². The van der Waals surface area contributed by atoms with E-state index in [-0.39, 0.29) is 6.03 Å². The van der Waals surface area contributed by atoms with Crippen LogP contribution in [0.15, 0.2) is 30.3 Å². The summed E-state index contributed by atoms with van der Waals surface area (Å²) < 4.78 is 5.97. The topological polar surface area (TPSA) is 63.2 Å². The lowest BCUT2D eigenvalue weighted by atomic mass is 10.1. The maximum atomic E-state index is 11.8. The average molecular weight is 327 g/mol. The Hall–Kier alpha value is -2.56. The first-order valence-corrected chi connectivity index (χ1v) is 8.22. The predicted molar refractivity (Wildman–Crippen MR) is 96.5 cm³/mol. The minimum absolute atomic E-state index is 0.232. The van der Waals surface area contributed by atoms with E-state index in [1.165, 1.54) is 0 Å². The van der Waals surface area contributed by atoms with Gasteiger partial charge in [-0.1, -0.05) is 37.3 Å². The van der Waals surface area contributed by atoms with Crippen LogP contribution >= 0.6 is 0 Å². The first-order chi connectivity index (χ1) is 11.5. The van der Waals surface area contributed by atoms with Crippen molar-refractivity contribution in [3.8, 4) is 5.75 Å². The zero-order valence-corrected chi connectivity index (χ0v) is 14.8. The summed E-state index contributed by atoms with van der Waals surface area (Å²) in [6.07, 6.45) is 0.893. The van der Waals surface area contributed by atoms with Crippen molar-refractivity contribution in [3.63, 3.8) is 0 Å². The molecular weight excluding hydrogens is 302 g/mol. The number of nitrogens with one attached hydrogen (secondary N) is 2. The molecule has 2 rings (SSSR count). The molecule has 0 radical (unpaired) electrons. The van der Waals surface area contributed by atoms with E-state index in [1.54, 1.807) is 0 Å². The van der Waals surface area contributed by atoms with Gasteiger partial charge in [-0.2, -0.15) is 0 Å². The highest BCUT2D eigenvalue weighted by Crippen LogP contribution is 2.29. The number of carbonyl (C=O) groups is 1. The molecule has 1 aromatic heterocycles. The van der Waals surface area contributed by atoms with Gasteiger partial charge in [-0.15, -0.1) is 0 Å². The fraction of sp³-hybridized carbons (Fsp3) is 0.368. The van der Waals surface area contributed by atoms with Crippen LogP contribution in [0.25, 0.3) is 0 Å². The van der Waals surface area contributed by atoms with Crippen molar-refractivity contribution >= 4 is 11.8 Å². The van der Waals surface area contributed by atoms with Gasteiger partial charge < -0.3 is 10.1 Å². The Morgan fingerprint density at radius 1 is 1.12 bits per heavy atom. The molecule has 0 unspecified atom stereocenters. The number of nitrogens with zero attached hydrogens (tertiary/aromatic N) is 1. The normalized spacial score (nSPS) is 10.3. The standard InChI is InChI=1S/C19H25N3O2/c1-5-11-20-19(23)22-18-14(3)13(2)17(15(4)21-18)24-12-16-9-7-6-8-10-16/h6-10H,5,11-12H2,1-4H3,(H2,20,21,22,23). The van der Waals surface area contributed by atoms with Gasteiger partial charge in [0.2, 0.25) is 0 Å². The fourth-order valence-electron chi connectivity index (χ4n) is 2.38. The number of benzene rings is 1. The molecule has 24 heavy (non-hydrogen) atoms. The summed E-state index contributed by atoms with van der Waals surface area (Å²) in [5, 5.41) is 5.60. The lowest BCUT2D eigenvalue weighted by Gasteiger charge is -2.17. The number of aromatic nitrogens is 1. The summed E-state index contributed by atoms with van der Waals surface area (Å²) >= 11 is 0. The molecule has 2 aromatic rings. The van der Waals surface area contributed by atoms with Crippen LogP contribution in [0.4, 0.5) is 10.6 Å². The van der Waals surface area contributed by atoms with Crippen molar-refractivity contribution in [1.29, 1.82) is 0 Å². The Balaban J connectivity index is 2.14. The molecule has 2 amide bonds. The van der Waals surface area contributed by atoms with E-state index in [9.17, 15) is 4.79 Å². The maximum absolute atomic E-state index is 11.8. The van der Waals surface area contributed by atoms with E-state index in [1.807, 2.05) is 58.0 Å². The van der Waals surface area contributed by atoms with E-state index in [2.05, 4.69) is 15.6 Å². The molecule has 0 aliphatic carbocycles. The lowest BCUT2D eigenvalue weighted by Crippen LogP contribution is -2.30. The van der Waals surface area contributed by atoms with Gasteiger partial charge in [0.25, 0.3) is 0 Å². The Bertz CT molecular complexity index is 700. The van der Waals surface area contributed by atoms with Crippen LogP contribution < -0.4 is 15.4 Å². The average Bonchev–Trinajstić information content (AvgIpc) is 2.58. The summed E-state index contributed by atoms with van der Waals surface area (Å²) in [7, 11) is 0. The number of anilines is 1. The molecule has 5 heteroatoms. The Kier molecular flexibility index (Phi) is 6.18. The lowest BCUT2D eigenvalue weighted by molar-refractivity contribution is 0.252. The number of hydrogen-bond donors (Lipinski definition) is 2. The molecular formula is C19H25N3O2.